The van der Waals surface area contributed by atoms with Crippen molar-refractivity contribution in [2.45, 2.75) is 19.3 Å². The first kappa shape index (κ1) is 9.24. The molecule has 76 valence electrons. The molecule has 4 heteroatoms. The summed E-state index contributed by atoms with van der Waals surface area (Å²) in [5.41, 5.74) is 0. The minimum absolute atomic E-state index is 0.0225. The van der Waals surface area contributed by atoms with Crippen LogP contribution in [0.3, 0.4) is 0 Å². The van der Waals surface area contributed by atoms with Crippen LogP contribution >= 0.6 is 0 Å². The lowest BCUT2D eigenvalue weighted by molar-refractivity contribution is -0.132. The largest absolute Gasteiger partial charge is 0.447 e. The summed E-state index contributed by atoms with van der Waals surface area (Å²) in [5.74, 6) is -0.0949. The monoisotopic (exact) mass is 195 g/mol. The third kappa shape index (κ3) is 1.64. The van der Waals surface area contributed by atoms with Gasteiger partial charge < -0.3 is 4.74 Å². The second kappa shape index (κ2) is 3.82. The highest BCUT2D eigenvalue weighted by molar-refractivity contribution is 5.94. The Labute approximate surface area is 82.5 Å². The molecule has 1 fully saturated rings. The van der Waals surface area contributed by atoms with E-state index in [4.69, 9.17) is 4.74 Å². The summed E-state index contributed by atoms with van der Waals surface area (Å²) in [6.45, 7) is 0.755. The molecule has 0 aromatic carbocycles. The Morgan fingerprint density at radius 1 is 1.50 bits per heavy atom. The van der Waals surface area contributed by atoms with Crippen LogP contribution in [0, 0.1) is 5.92 Å². The molecule has 0 aromatic heterocycles. The van der Waals surface area contributed by atoms with Crippen LogP contribution in [0.2, 0.25) is 0 Å². The van der Waals surface area contributed by atoms with Crippen molar-refractivity contribution >= 4 is 12.0 Å². The molecular weight excluding hydrogens is 182 g/mol. The quantitative estimate of drug-likeness (QED) is 0.593. The fraction of sp³-hybridized carbons (Fsp3) is 0.600. The Balaban J connectivity index is 2.00. The maximum absolute atomic E-state index is 11.8. The van der Waals surface area contributed by atoms with Crippen molar-refractivity contribution in [3.8, 4) is 0 Å². The molecule has 14 heavy (non-hydrogen) atoms. The van der Waals surface area contributed by atoms with E-state index >= 15 is 0 Å². The van der Waals surface area contributed by atoms with Gasteiger partial charge in [-0.2, -0.15) is 0 Å². The van der Waals surface area contributed by atoms with Crippen molar-refractivity contribution in [1.29, 1.82) is 0 Å². The number of allylic oxidation sites excluding steroid dienone is 2. The van der Waals surface area contributed by atoms with Gasteiger partial charge in [0.2, 0.25) is 5.91 Å². The number of imide groups is 1. The SMILES string of the molecule is O=C1OCCN1C(=O)[C@@H]1CC=CCC1. The van der Waals surface area contributed by atoms with E-state index < -0.39 is 6.09 Å². The second-order valence-electron chi connectivity index (χ2n) is 3.59. The van der Waals surface area contributed by atoms with Gasteiger partial charge in [-0.05, 0) is 19.3 Å². The van der Waals surface area contributed by atoms with E-state index in [1.54, 1.807) is 0 Å². The predicted molar refractivity (Wildman–Crippen MR) is 49.5 cm³/mol. The topological polar surface area (TPSA) is 46.6 Å². The summed E-state index contributed by atoms with van der Waals surface area (Å²) in [4.78, 5) is 24.2. The first-order chi connectivity index (χ1) is 6.79. The average Bonchev–Trinajstić information content (AvgIpc) is 2.65. The second-order valence-corrected chi connectivity index (χ2v) is 3.59. The maximum Gasteiger partial charge on any atom is 0.416 e. The lowest BCUT2D eigenvalue weighted by atomic mass is 9.93. The van der Waals surface area contributed by atoms with Crippen molar-refractivity contribution in [2.75, 3.05) is 13.2 Å². The number of carbonyl (C=O) groups excluding carboxylic acids is 2. The normalized spacial score (nSPS) is 26.4. The summed E-state index contributed by atoms with van der Waals surface area (Å²) < 4.78 is 4.73. The third-order valence-corrected chi connectivity index (χ3v) is 2.65. The Kier molecular flexibility index (Phi) is 2.52. The highest BCUT2D eigenvalue weighted by Gasteiger charge is 2.32. The molecule has 1 aliphatic carbocycles. The highest BCUT2D eigenvalue weighted by Crippen LogP contribution is 2.21. The molecule has 0 aromatic rings. The van der Waals surface area contributed by atoms with Crippen LogP contribution in [-0.4, -0.2) is 30.1 Å². The molecule has 4 nitrogen and oxygen atoms in total. The minimum atomic E-state index is -0.482. The summed E-state index contributed by atoms with van der Waals surface area (Å²) in [6, 6.07) is 0. The van der Waals surface area contributed by atoms with E-state index in [2.05, 4.69) is 6.08 Å². The number of cyclic esters (lactones) is 1. The molecule has 1 saturated heterocycles. The molecule has 0 saturated carbocycles. The van der Waals surface area contributed by atoms with Gasteiger partial charge in [0.05, 0.1) is 6.54 Å². The predicted octanol–water partition coefficient (Wildman–Crippen LogP) is 1.32. The number of carbonyl (C=O) groups is 2. The van der Waals surface area contributed by atoms with E-state index in [1.807, 2.05) is 6.08 Å². The third-order valence-electron chi connectivity index (χ3n) is 2.65. The molecule has 1 heterocycles. The molecule has 2 aliphatic rings. The van der Waals surface area contributed by atoms with Crippen LogP contribution in [0.5, 0.6) is 0 Å². The Morgan fingerprint density at radius 2 is 2.36 bits per heavy atom. The van der Waals surface area contributed by atoms with Gasteiger partial charge in [-0.25, -0.2) is 9.69 Å². The zero-order valence-electron chi connectivity index (χ0n) is 7.94. The van der Waals surface area contributed by atoms with Crippen LogP contribution in [0.15, 0.2) is 12.2 Å². The van der Waals surface area contributed by atoms with Gasteiger partial charge in [0, 0.05) is 5.92 Å². The van der Waals surface area contributed by atoms with Crippen LogP contribution in [0.1, 0.15) is 19.3 Å². The molecular formula is C10H13NO3. The van der Waals surface area contributed by atoms with Gasteiger partial charge in [-0.15, -0.1) is 0 Å². The highest BCUT2D eigenvalue weighted by atomic mass is 16.6. The first-order valence-corrected chi connectivity index (χ1v) is 4.92. The van der Waals surface area contributed by atoms with Crippen LogP contribution in [0.25, 0.3) is 0 Å². The van der Waals surface area contributed by atoms with Crippen molar-refractivity contribution in [1.82, 2.24) is 4.90 Å². The minimum Gasteiger partial charge on any atom is -0.447 e. The molecule has 1 atom stereocenters. The van der Waals surface area contributed by atoms with E-state index in [0.29, 0.717) is 13.2 Å². The standard InChI is InChI=1S/C10H13NO3/c12-9(8-4-2-1-3-5-8)11-6-7-14-10(11)13/h1-2,8H,3-7H2/t8-/m1/s1. The molecule has 0 bridgehead atoms. The number of hydrogen-bond acceptors (Lipinski definition) is 3. The smallest absolute Gasteiger partial charge is 0.416 e. The number of hydrogen-bond donors (Lipinski definition) is 0. The van der Waals surface area contributed by atoms with E-state index in [-0.39, 0.29) is 11.8 Å². The van der Waals surface area contributed by atoms with Crippen LogP contribution < -0.4 is 0 Å². The van der Waals surface area contributed by atoms with Crippen molar-refractivity contribution in [3.05, 3.63) is 12.2 Å². The molecule has 0 spiro atoms. The lowest BCUT2D eigenvalue weighted by Crippen LogP contribution is -2.37. The Hall–Kier alpha value is -1.32. The molecule has 1 aliphatic heterocycles. The van der Waals surface area contributed by atoms with Gasteiger partial charge in [0.15, 0.2) is 0 Å². The van der Waals surface area contributed by atoms with Crippen molar-refractivity contribution < 1.29 is 14.3 Å². The van der Waals surface area contributed by atoms with Crippen LogP contribution in [-0.2, 0) is 9.53 Å². The number of amides is 2. The first-order valence-electron chi connectivity index (χ1n) is 4.92. The van der Waals surface area contributed by atoms with Gasteiger partial charge in [0.1, 0.15) is 6.61 Å². The van der Waals surface area contributed by atoms with E-state index in [1.165, 1.54) is 4.90 Å². The van der Waals surface area contributed by atoms with Gasteiger partial charge in [-0.1, -0.05) is 12.2 Å². The molecule has 2 amide bonds. The van der Waals surface area contributed by atoms with Gasteiger partial charge in [-0.3, -0.25) is 4.79 Å². The summed E-state index contributed by atoms with van der Waals surface area (Å²) in [7, 11) is 0. The van der Waals surface area contributed by atoms with Gasteiger partial charge >= 0.3 is 6.09 Å². The maximum atomic E-state index is 11.8. The van der Waals surface area contributed by atoms with Crippen LogP contribution in [0.4, 0.5) is 4.79 Å². The number of ether oxygens (including phenoxy) is 1. The van der Waals surface area contributed by atoms with Crippen molar-refractivity contribution in [3.63, 3.8) is 0 Å². The molecule has 0 N–H and O–H groups in total. The summed E-state index contributed by atoms with van der Waals surface area (Å²) >= 11 is 0. The zero-order chi connectivity index (χ0) is 9.97. The lowest BCUT2D eigenvalue weighted by Gasteiger charge is -2.20. The number of rotatable bonds is 1. The Morgan fingerprint density at radius 3 is 2.93 bits per heavy atom. The van der Waals surface area contributed by atoms with Crippen molar-refractivity contribution in [2.24, 2.45) is 5.92 Å². The summed E-state index contributed by atoms with van der Waals surface area (Å²) in [5, 5.41) is 0. The fourth-order valence-electron chi connectivity index (χ4n) is 1.83. The molecule has 0 radical (unpaired) electrons. The number of nitrogens with zero attached hydrogens (tertiary/aromatic N) is 1. The average molecular weight is 195 g/mol. The molecule has 2 rings (SSSR count). The fourth-order valence-corrected chi connectivity index (χ4v) is 1.83. The summed E-state index contributed by atoms with van der Waals surface area (Å²) in [6.07, 6.45) is 6.13. The van der Waals surface area contributed by atoms with E-state index in [0.717, 1.165) is 19.3 Å². The molecule has 0 unspecified atom stereocenters. The van der Waals surface area contributed by atoms with E-state index in [9.17, 15) is 9.59 Å². The zero-order valence-corrected chi connectivity index (χ0v) is 7.94. The van der Waals surface area contributed by atoms with Gasteiger partial charge in [0.25, 0.3) is 0 Å². The Bertz CT molecular complexity index is 285.